The van der Waals surface area contributed by atoms with Crippen molar-refractivity contribution in [1.29, 1.82) is 0 Å². The Morgan fingerprint density at radius 1 is 1.24 bits per heavy atom. The highest BCUT2D eigenvalue weighted by molar-refractivity contribution is 5.91. The second kappa shape index (κ2) is 7.72. The van der Waals surface area contributed by atoms with Gasteiger partial charge in [0.15, 0.2) is 5.75 Å². The van der Waals surface area contributed by atoms with Gasteiger partial charge >= 0.3 is 12.3 Å². The first-order chi connectivity index (χ1) is 9.83. The van der Waals surface area contributed by atoms with Crippen molar-refractivity contribution in [2.24, 2.45) is 0 Å². The van der Waals surface area contributed by atoms with Gasteiger partial charge in [-0.05, 0) is 24.6 Å². The number of rotatable bonds is 7. The largest absolute Gasteiger partial charge is 0.573 e. The standard InChI is InChI=1S/C13H16F3NO4/c1-2-5-19-6-7-20-12(18)9-3-4-11(10(17)8-9)21-13(14,15)16/h3-4,8H,2,5-7,17H2,1H3. The Kier molecular flexibility index (Phi) is 6.29. The van der Waals surface area contributed by atoms with Gasteiger partial charge in [0.25, 0.3) is 0 Å². The highest BCUT2D eigenvalue weighted by Gasteiger charge is 2.32. The molecule has 0 amide bonds. The van der Waals surface area contributed by atoms with Gasteiger partial charge in [-0.25, -0.2) is 4.79 Å². The predicted octanol–water partition coefficient (Wildman–Crippen LogP) is 2.75. The Bertz CT molecular complexity index is 477. The molecule has 5 nitrogen and oxygen atoms in total. The third-order valence-corrected chi connectivity index (χ3v) is 2.28. The Labute approximate surface area is 119 Å². The molecule has 0 heterocycles. The van der Waals surface area contributed by atoms with Crippen molar-refractivity contribution in [2.45, 2.75) is 19.7 Å². The Balaban J connectivity index is 2.56. The van der Waals surface area contributed by atoms with Gasteiger partial charge in [0.1, 0.15) is 6.61 Å². The maximum atomic E-state index is 12.1. The van der Waals surface area contributed by atoms with Gasteiger partial charge in [-0.1, -0.05) is 6.92 Å². The number of hydrogen-bond donors (Lipinski definition) is 1. The van der Waals surface area contributed by atoms with Crippen LogP contribution in [0.1, 0.15) is 23.7 Å². The van der Waals surface area contributed by atoms with E-state index >= 15 is 0 Å². The molecule has 0 aliphatic heterocycles. The smallest absolute Gasteiger partial charge is 0.460 e. The summed E-state index contributed by atoms with van der Waals surface area (Å²) in [6.45, 7) is 2.82. The van der Waals surface area contributed by atoms with Gasteiger partial charge in [0.2, 0.25) is 0 Å². The minimum absolute atomic E-state index is 0.0394. The van der Waals surface area contributed by atoms with E-state index < -0.39 is 18.1 Å². The molecule has 21 heavy (non-hydrogen) atoms. The summed E-state index contributed by atoms with van der Waals surface area (Å²) in [5.41, 5.74) is 5.14. The monoisotopic (exact) mass is 307 g/mol. The molecular weight excluding hydrogens is 291 g/mol. The SMILES string of the molecule is CCCOCCOC(=O)c1ccc(OC(F)(F)F)c(N)c1. The zero-order valence-electron chi connectivity index (χ0n) is 11.4. The van der Waals surface area contributed by atoms with Crippen LogP contribution in [0.5, 0.6) is 5.75 Å². The number of hydrogen-bond acceptors (Lipinski definition) is 5. The third-order valence-electron chi connectivity index (χ3n) is 2.28. The molecule has 1 rings (SSSR count). The topological polar surface area (TPSA) is 70.8 Å². The van der Waals surface area contributed by atoms with Crippen LogP contribution in [0, 0.1) is 0 Å². The van der Waals surface area contributed by atoms with Crippen molar-refractivity contribution in [1.82, 2.24) is 0 Å². The highest BCUT2D eigenvalue weighted by atomic mass is 19.4. The number of carbonyl (C=O) groups excluding carboxylic acids is 1. The van der Waals surface area contributed by atoms with Gasteiger partial charge in [-0.3, -0.25) is 0 Å². The molecule has 0 spiro atoms. The van der Waals surface area contributed by atoms with Gasteiger partial charge in [0, 0.05) is 6.61 Å². The average molecular weight is 307 g/mol. The van der Waals surface area contributed by atoms with Crippen LogP contribution in [0.4, 0.5) is 18.9 Å². The lowest BCUT2D eigenvalue weighted by molar-refractivity contribution is -0.274. The number of esters is 1. The van der Waals surface area contributed by atoms with E-state index in [-0.39, 0.29) is 24.5 Å². The van der Waals surface area contributed by atoms with Crippen molar-refractivity contribution >= 4 is 11.7 Å². The van der Waals surface area contributed by atoms with Crippen molar-refractivity contribution < 1.29 is 32.2 Å². The first-order valence-corrected chi connectivity index (χ1v) is 6.23. The summed E-state index contributed by atoms with van der Waals surface area (Å²) in [5.74, 6) is -1.26. The summed E-state index contributed by atoms with van der Waals surface area (Å²) in [5, 5.41) is 0. The molecule has 1 aromatic carbocycles. The Morgan fingerprint density at radius 3 is 2.52 bits per heavy atom. The fourth-order valence-electron chi connectivity index (χ4n) is 1.42. The minimum Gasteiger partial charge on any atom is -0.460 e. The number of ether oxygens (including phenoxy) is 3. The van der Waals surface area contributed by atoms with Gasteiger partial charge in [-0.2, -0.15) is 0 Å². The molecule has 0 atom stereocenters. The molecule has 1 aromatic rings. The van der Waals surface area contributed by atoms with E-state index in [0.717, 1.165) is 24.6 Å². The summed E-state index contributed by atoms with van der Waals surface area (Å²) < 4.78 is 49.9. The zero-order valence-corrected chi connectivity index (χ0v) is 11.4. The van der Waals surface area contributed by atoms with E-state index in [4.69, 9.17) is 15.2 Å². The summed E-state index contributed by atoms with van der Waals surface area (Å²) in [6.07, 6.45) is -3.99. The van der Waals surface area contributed by atoms with E-state index in [1.807, 2.05) is 6.92 Å². The van der Waals surface area contributed by atoms with Crippen LogP contribution >= 0.6 is 0 Å². The van der Waals surface area contributed by atoms with E-state index in [1.54, 1.807) is 0 Å². The summed E-state index contributed by atoms with van der Waals surface area (Å²) in [4.78, 5) is 11.6. The molecule has 0 fully saturated rings. The molecule has 0 unspecified atom stereocenters. The van der Waals surface area contributed by atoms with E-state index in [9.17, 15) is 18.0 Å². The predicted molar refractivity (Wildman–Crippen MR) is 68.9 cm³/mol. The molecule has 0 aliphatic carbocycles. The molecular formula is C13H16F3NO4. The molecule has 118 valence electrons. The lowest BCUT2D eigenvalue weighted by atomic mass is 10.2. The van der Waals surface area contributed by atoms with Crippen LogP contribution < -0.4 is 10.5 Å². The maximum absolute atomic E-state index is 12.1. The lowest BCUT2D eigenvalue weighted by Gasteiger charge is -2.12. The number of halogens is 3. The molecule has 0 aliphatic rings. The number of anilines is 1. The molecule has 0 saturated carbocycles. The molecule has 0 saturated heterocycles. The Hall–Kier alpha value is -1.96. The number of carbonyl (C=O) groups is 1. The number of nitrogens with two attached hydrogens (primary N) is 1. The third kappa shape index (κ3) is 6.35. The maximum Gasteiger partial charge on any atom is 0.573 e. The summed E-state index contributed by atoms with van der Waals surface area (Å²) in [7, 11) is 0. The quantitative estimate of drug-likeness (QED) is 0.476. The molecule has 0 bridgehead atoms. The molecule has 8 heteroatoms. The number of alkyl halides is 3. The van der Waals surface area contributed by atoms with Crippen LogP contribution in [0.3, 0.4) is 0 Å². The second-order valence-corrected chi connectivity index (χ2v) is 4.05. The molecule has 0 aromatic heterocycles. The normalized spacial score (nSPS) is 11.2. The minimum atomic E-state index is -4.84. The summed E-state index contributed by atoms with van der Waals surface area (Å²) in [6, 6.07) is 3.18. The number of nitrogen functional groups attached to an aromatic ring is 1. The highest BCUT2D eigenvalue weighted by Crippen LogP contribution is 2.29. The Morgan fingerprint density at radius 2 is 1.95 bits per heavy atom. The fourth-order valence-corrected chi connectivity index (χ4v) is 1.42. The molecule has 2 N–H and O–H groups in total. The van der Waals surface area contributed by atoms with Gasteiger partial charge in [0.05, 0.1) is 17.9 Å². The van der Waals surface area contributed by atoms with Crippen LogP contribution in [-0.4, -0.2) is 32.2 Å². The van der Waals surface area contributed by atoms with E-state index in [1.165, 1.54) is 0 Å². The van der Waals surface area contributed by atoms with Crippen molar-refractivity contribution in [3.05, 3.63) is 23.8 Å². The zero-order chi connectivity index (χ0) is 15.9. The van der Waals surface area contributed by atoms with Gasteiger partial charge in [-0.15, -0.1) is 13.2 Å². The molecule has 0 radical (unpaired) electrons. The fraction of sp³-hybridized carbons (Fsp3) is 0.462. The second-order valence-electron chi connectivity index (χ2n) is 4.05. The van der Waals surface area contributed by atoms with Crippen LogP contribution in [0.25, 0.3) is 0 Å². The lowest BCUT2D eigenvalue weighted by Crippen LogP contribution is -2.18. The van der Waals surface area contributed by atoms with Crippen LogP contribution in [0.2, 0.25) is 0 Å². The van der Waals surface area contributed by atoms with Crippen LogP contribution in [0.15, 0.2) is 18.2 Å². The summed E-state index contributed by atoms with van der Waals surface area (Å²) >= 11 is 0. The van der Waals surface area contributed by atoms with E-state index in [0.29, 0.717) is 6.61 Å². The van der Waals surface area contributed by atoms with Crippen molar-refractivity contribution in [2.75, 3.05) is 25.6 Å². The first-order valence-electron chi connectivity index (χ1n) is 6.23. The number of benzene rings is 1. The van der Waals surface area contributed by atoms with Crippen molar-refractivity contribution in [3.63, 3.8) is 0 Å². The average Bonchev–Trinajstić information content (AvgIpc) is 2.39. The van der Waals surface area contributed by atoms with Crippen LogP contribution in [-0.2, 0) is 9.47 Å². The van der Waals surface area contributed by atoms with Crippen molar-refractivity contribution in [3.8, 4) is 5.75 Å². The van der Waals surface area contributed by atoms with E-state index in [2.05, 4.69) is 4.74 Å². The first kappa shape index (κ1) is 17.1. The van der Waals surface area contributed by atoms with Gasteiger partial charge < -0.3 is 19.9 Å².